The fourth-order valence-electron chi connectivity index (χ4n) is 2.64. The highest BCUT2D eigenvalue weighted by molar-refractivity contribution is 6.10. The number of nitrogens with one attached hydrogen (secondary N) is 3. The molecule has 0 unspecified atom stereocenters. The number of carbonyl (C=O) groups is 4. The average Bonchev–Trinajstić information content (AvgIpc) is 2.79. The van der Waals surface area contributed by atoms with Crippen molar-refractivity contribution in [1.82, 2.24) is 20.9 Å². The van der Waals surface area contributed by atoms with Crippen LogP contribution in [0.2, 0.25) is 0 Å². The molecule has 8 nitrogen and oxygen atoms in total. The lowest BCUT2D eigenvalue weighted by molar-refractivity contribution is -0.134. The summed E-state index contributed by atoms with van der Waals surface area (Å²) in [5, 5.41) is 7.29. The number of amides is 6. The van der Waals surface area contributed by atoms with E-state index in [1.165, 1.54) is 0 Å². The lowest BCUT2D eigenvalue weighted by Crippen LogP contribution is -2.47. The Kier molecular flexibility index (Phi) is 5.97. The Balaban J connectivity index is 1.95. The van der Waals surface area contributed by atoms with Gasteiger partial charge in [0.2, 0.25) is 5.91 Å². The van der Waals surface area contributed by atoms with E-state index in [1.54, 1.807) is 37.3 Å². The summed E-state index contributed by atoms with van der Waals surface area (Å²) in [7, 11) is 0. The van der Waals surface area contributed by atoms with E-state index in [0.29, 0.717) is 18.0 Å². The van der Waals surface area contributed by atoms with Crippen molar-refractivity contribution < 1.29 is 19.2 Å². The summed E-state index contributed by atoms with van der Waals surface area (Å²) < 4.78 is 0. The zero-order chi connectivity index (χ0) is 19.3. The van der Waals surface area contributed by atoms with Gasteiger partial charge in [0.25, 0.3) is 5.91 Å². The predicted octanol–water partition coefficient (Wildman–Crippen LogP) is 1.33. The maximum atomic E-state index is 12.7. The zero-order valence-electron chi connectivity index (χ0n) is 15.2. The van der Waals surface area contributed by atoms with Crippen molar-refractivity contribution in [2.75, 3.05) is 13.1 Å². The van der Waals surface area contributed by atoms with Crippen LogP contribution >= 0.6 is 0 Å². The van der Waals surface area contributed by atoms with Crippen LogP contribution in [0.4, 0.5) is 9.59 Å². The second-order valence-corrected chi connectivity index (χ2v) is 6.80. The molecule has 6 amide bonds. The Bertz CT molecular complexity index is 704. The Morgan fingerprint density at radius 2 is 1.85 bits per heavy atom. The third kappa shape index (κ3) is 4.38. The second kappa shape index (κ2) is 7.99. The standard InChI is InChI=1S/C18H24N4O4/c1-12(2)9-10-19-16(25)20-14(23)11-22-15(24)18(3,21-17(22)26)13-7-5-4-6-8-13/h4-8,12H,9-11H2,1-3H3,(H,21,26)(H2,19,20,23,25)/t18-/m1/s1. The summed E-state index contributed by atoms with van der Waals surface area (Å²) in [6, 6.07) is 7.46. The molecule has 1 aliphatic heterocycles. The number of imide groups is 2. The molecule has 1 heterocycles. The van der Waals surface area contributed by atoms with Gasteiger partial charge in [0.1, 0.15) is 12.1 Å². The monoisotopic (exact) mass is 360 g/mol. The Morgan fingerprint density at radius 3 is 2.46 bits per heavy atom. The van der Waals surface area contributed by atoms with Crippen LogP contribution in [-0.4, -0.2) is 41.9 Å². The molecular weight excluding hydrogens is 336 g/mol. The number of hydrogen-bond donors (Lipinski definition) is 3. The molecule has 1 fully saturated rings. The summed E-state index contributed by atoms with van der Waals surface area (Å²) in [6.07, 6.45) is 0.782. The van der Waals surface area contributed by atoms with Crippen LogP contribution < -0.4 is 16.0 Å². The maximum Gasteiger partial charge on any atom is 0.325 e. The van der Waals surface area contributed by atoms with Crippen molar-refractivity contribution >= 4 is 23.9 Å². The van der Waals surface area contributed by atoms with Crippen molar-refractivity contribution in [3.05, 3.63) is 35.9 Å². The summed E-state index contributed by atoms with van der Waals surface area (Å²) in [6.45, 7) is 5.54. The first-order valence-electron chi connectivity index (χ1n) is 8.51. The molecule has 1 aromatic carbocycles. The zero-order valence-corrected chi connectivity index (χ0v) is 15.2. The molecule has 0 radical (unpaired) electrons. The van der Waals surface area contributed by atoms with Gasteiger partial charge in [0, 0.05) is 6.54 Å². The SMILES string of the molecule is CC(C)CCNC(=O)NC(=O)CN1C(=O)N[C@](C)(c2ccccc2)C1=O. The van der Waals surface area contributed by atoms with Gasteiger partial charge in [-0.1, -0.05) is 44.2 Å². The predicted molar refractivity (Wildman–Crippen MR) is 95.0 cm³/mol. The first kappa shape index (κ1) is 19.4. The quantitative estimate of drug-likeness (QED) is 0.665. The van der Waals surface area contributed by atoms with Crippen molar-refractivity contribution in [1.29, 1.82) is 0 Å². The Morgan fingerprint density at radius 1 is 1.19 bits per heavy atom. The van der Waals surface area contributed by atoms with Crippen LogP contribution in [0.3, 0.4) is 0 Å². The van der Waals surface area contributed by atoms with E-state index >= 15 is 0 Å². The van der Waals surface area contributed by atoms with E-state index in [9.17, 15) is 19.2 Å². The van der Waals surface area contributed by atoms with Gasteiger partial charge in [-0.2, -0.15) is 0 Å². The highest BCUT2D eigenvalue weighted by Crippen LogP contribution is 2.28. The topological polar surface area (TPSA) is 108 Å². The number of nitrogens with zero attached hydrogens (tertiary/aromatic N) is 1. The summed E-state index contributed by atoms with van der Waals surface area (Å²) in [4.78, 5) is 49.3. The molecule has 1 atom stereocenters. The van der Waals surface area contributed by atoms with Gasteiger partial charge >= 0.3 is 12.1 Å². The molecule has 0 bridgehead atoms. The first-order chi connectivity index (χ1) is 12.2. The summed E-state index contributed by atoms with van der Waals surface area (Å²) in [5.41, 5.74) is -0.620. The number of carbonyl (C=O) groups excluding carboxylic acids is 4. The minimum Gasteiger partial charge on any atom is -0.338 e. The molecule has 8 heteroatoms. The summed E-state index contributed by atoms with van der Waals surface area (Å²) >= 11 is 0. The van der Waals surface area contributed by atoms with E-state index < -0.39 is 36.0 Å². The molecule has 0 saturated carbocycles. The molecule has 26 heavy (non-hydrogen) atoms. The number of benzene rings is 1. The second-order valence-electron chi connectivity index (χ2n) is 6.80. The molecule has 140 valence electrons. The number of urea groups is 2. The highest BCUT2D eigenvalue weighted by atomic mass is 16.2. The van der Waals surface area contributed by atoms with Crippen LogP contribution in [0.5, 0.6) is 0 Å². The van der Waals surface area contributed by atoms with Crippen LogP contribution in [0.25, 0.3) is 0 Å². The number of hydrogen-bond acceptors (Lipinski definition) is 4. The van der Waals surface area contributed by atoms with E-state index in [0.717, 1.165) is 11.3 Å². The first-order valence-corrected chi connectivity index (χ1v) is 8.51. The van der Waals surface area contributed by atoms with Crippen LogP contribution in [0.15, 0.2) is 30.3 Å². The lowest BCUT2D eigenvalue weighted by Gasteiger charge is -2.22. The van der Waals surface area contributed by atoms with E-state index in [2.05, 4.69) is 16.0 Å². The van der Waals surface area contributed by atoms with Gasteiger partial charge in [-0.05, 0) is 24.8 Å². The van der Waals surface area contributed by atoms with Crippen molar-refractivity contribution in [3.63, 3.8) is 0 Å². The minimum atomic E-state index is -1.24. The molecule has 1 aliphatic rings. The highest BCUT2D eigenvalue weighted by Gasteiger charge is 2.49. The largest absolute Gasteiger partial charge is 0.338 e. The molecular formula is C18H24N4O4. The van der Waals surface area contributed by atoms with Crippen molar-refractivity contribution in [3.8, 4) is 0 Å². The third-order valence-electron chi connectivity index (χ3n) is 4.19. The van der Waals surface area contributed by atoms with E-state index in [-0.39, 0.29) is 0 Å². The molecule has 1 aromatic rings. The third-order valence-corrected chi connectivity index (χ3v) is 4.19. The lowest BCUT2D eigenvalue weighted by atomic mass is 9.92. The van der Waals surface area contributed by atoms with Gasteiger partial charge in [-0.3, -0.25) is 19.8 Å². The fraction of sp³-hybridized carbons (Fsp3) is 0.444. The van der Waals surface area contributed by atoms with Crippen molar-refractivity contribution in [2.24, 2.45) is 5.92 Å². The molecule has 1 saturated heterocycles. The maximum absolute atomic E-state index is 12.7. The molecule has 2 rings (SSSR count). The fourth-order valence-corrected chi connectivity index (χ4v) is 2.64. The molecule has 0 spiro atoms. The molecule has 0 aromatic heterocycles. The van der Waals surface area contributed by atoms with Gasteiger partial charge in [-0.25, -0.2) is 9.59 Å². The van der Waals surface area contributed by atoms with Gasteiger partial charge in [0.15, 0.2) is 0 Å². The van der Waals surface area contributed by atoms with Crippen molar-refractivity contribution in [2.45, 2.75) is 32.7 Å². The van der Waals surface area contributed by atoms with Crippen LogP contribution in [0.1, 0.15) is 32.8 Å². The smallest absolute Gasteiger partial charge is 0.325 e. The number of rotatable bonds is 6. The molecule has 0 aliphatic carbocycles. The Hall–Kier alpha value is -2.90. The Labute approximate surface area is 152 Å². The minimum absolute atomic E-state index is 0.424. The van der Waals surface area contributed by atoms with Gasteiger partial charge in [-0.15, -0.1) is 0 Å². The van der Waals surface area contributed by atoms with Gasteiger partial charge in [0.05, 0.1) is 0 Å². The normalized spacial score (nSPS) is 19.5. The van der Waals surface area contributed by atoms with Crippen LogP contribution in [-0.2, 0) is 15.1 Å². The summed E-state index contributed by atoms with van der Waals surface area (Å²) in [5.74, 6) is -0.843. The molecule has 3 N–H and O–H groups in total. The van der Waals surface area contributed by atoms with Gasteiger partial charge < -0.3 is 10.6 Å². The van der Waals surface area contributed by atoms with E-state index in [4.69, 9.17) is 0 Å². The van der Waals surface area contributed by atoms with E-state index in [1.807, 2.05) is 13.8 Å². The van der Waals surface area contributed by atoms with Crippen LogP contribution in [0, 0.1) is 5.92 Å². The average molecular weight is 360 g/mol.